The van der Waals surface area contributed by atoms with Crippen LogP contribution in [-0.4, -0.2) is 47.9 Å². The Bertz CT molecular complexity index is 374. The molecule has 0 aromatic carbocycles. The molecule has 2 N–H and O–H groups in total. The molecule has 0 saturated carbocycles. The van der Waals surface area contributed by atoms with E-state index in [9.17, 15) is 4.79 Å². The van der Waals surface area contributed by atoms with Crippen molar-refractivity contribution in [1.29, 1.82) is 0 Å². The Hall–Kier alpha value is -0.910. The number of hydrogen-bond donors (Lipinski definition) is 1. The molecule has 0 fully saturated rings. The predicted molar refractivity (Wildman–Crippen MR) is 85.8 cm³/mol. The van der Waals surface area contributed by atoms with Gasteiger partial charge in [-0.25, -0.2) is 0 Å². The first-order chi connectivity index (χ1) is 9.56. The number of carbonyl (C=O) groups excluding carboxylic acids is 1. The molecule has 1 unspecified atom stereocenters. The standard InChI is InChI=1S/C15H27N3OS/c1-4-17(5-2)8-9-18(15(19)11-13(3)16)12-14-7-6-10-20-14/h6-7,10,13H,4-5,8-9,11-12,16H2,1-3H3. The third-order valence-electron chi connectivity index (χ3n) is 3.36. The predicted octanol–water partition coefficient (Wildman–Crippen LogP) is 2.16. The van der Waals surface area contributed by atoms with Gasteiger partial charge in [-0.1, -0.05) is 19.9 Å². The van der Waals surface area contributed by atoms with Gasteiger partial charge in [-0.2, -0.15) is 0 Å². The Kier molecular flexibility index (Phi) is 7.80. The summed E-state index contributed by atoms with van der Waals surface area (Å²) in [6.07, 6.45) is 0.420. The van der Waals surface area contributed by atoms with Gasteiger partial charge in [0, 0.05) is 30.4 Å². The molecule has 0 aliphatic carbocycles. The van der Waals surface area contributed by atoms with Crippen molar-refractivity contribution in [3.05, 3.63) is 22.4 Å². The quantitative estimate of drug-likeness (QED) is 0.760. The van der Waals surface area contributed by atoms with Crippen LogP contribution < -0.4 is 5.73 Å². The highest BCUT2D eigenvalue weighted by atomic mass is 32.1. The molecule has 1 aromatic heterocycles. The number of nitrogens with two attached hydrogens (primary N) is 1. The molecule has 0 radical (unpaired) electrons. The van der Waals surface area contributed by atoms with E-state index in [4.69, 9.17) is 5.73 Å². The van der Waals surface area contributed by atoms with Crippen LogP contribution in [0, 0.1) is 0 Å². The van der Waals surface area contributed by atoms with Crippen LogP contribution in [0.5, 0.6) is 0 Å². The molecule has 1 rings (SSSR count). The van der Waals surface area contributed by atoms with E-state index >= 15 is 0 Å². The number of likely N-dealkylation sites (N-methyl/N-ethyl adjacent to an activating group) is 1. The normalized spacial score (nSPS) is 12.7. The van der Waals surface area contributed by atoms with E-state index in [0.717, 1.165) is 26.2 Å². The molecule has 1 amide bonds. The highest BCUT2D eigenvalue weighted by molar-refractivity contribution is 7.09. The first kappa shape index (κ1) is 17.1. The number of amides is 1. The van der Waals surface area contributed by atoms with Gasteiger partial charge in [0.15, 0.2) is 0 Å². The van der Waals surface area contributed by atoms with Gasteiger partial charge in [0.1, 0.15) is 0 Å². The maximum atomic E-state index is 12.3. The van der Waals surface area contributed by atoms with Crippen molar-refractivity contribution in [2.24, 2.45) is 5.73 Å². The Morgan fingerprint density at radius 3 is 2.55 bits per heavy atom. The molecule has 1 atom stereocenters. The Balaban J connectivity index is 2.60. The van der Waals surface area contributed by atoms with Gasteiger partial charge in [-0.3, -0.25) is 4.79 Å². The van der Waals surface area contributed by atoms with Crippen molar-refractivity contribution in [2.75, 3.05) is 26.2 Å². The maximum Gasteiger partial charge on any atom is 0.224 e. The van der Waals surface area contributed by atoms with E-state index in [0.29, 0.717) is 13.0 Å². The first-order valence-corrected chi connectivity index (χ1v) is 8.22. The van der Waals surface area contributed by atoms with Gasteiger partial charge in [-0.15, -0.1) is 11.3 Å². The molecule has 5 heteroatoms. The highest BCUT2D eigenvalue weighted by Gasteiger charge is 2.16. The zero-order valence-corrected chi connectivity index (χ0v) is 13.7. The van der Waals surface area contributed by atoms with E-state index in [-0.39, 0.29) is 11.9 Å². The highest BCUT2D eigenvalue weighted by Crippen LogP contribution is 2.13. The summed E-state index contributed by atoms with van der Waals surface area (Å²) in [5.74, 6) is 0.153. The van der Waals surface area contributed by atoms with Crippen molar-refractivity contribution in [2.45, 2.75) is 39.8 Å². The maximum absolute atomic E-state index is 12.3. The van der Waals surface area contributed by atoms with E-state index in [1.807, 2.05) is 23.3 Å². The molecule has 0 spiro atoms. The number of rotatable bonds is 9. The Morgan fingerprint density at radius 2 is 2.05 bits per heavy atom. The molecule has 1 aromatic rings. The minimum Gasteiger partial charge on any atom is -0.336 e. The summed E-state index contributed by atoms with van der Waals surface area (Å²) in [5, 5.41) is 2.05. The summed E-state index contributed by atoms with van der Waals surface area (Å²) in [6.45, 7) is 10.6. The summed E-state index contributed by atoms with van der Waals surface area (Å²) in [6, 6.07) is 4.02. The summed E-state index contributed by atoms with van der Waals surface area (Å²) in [7, 11) is 0. The van der Waals surface area contributed by atoms with Crippen LogP contribution in [0.25, 0.3) is 0 Å². The van der Waals surface area contributed by atoms with Crippen LogP contribution in [0.2, 0.25) is 0 Å². The lowest BCUT2D eigenvalue weighted by Gasteiger charge is -2.26. The fourth-order valence-electron chi connectivity index (χ4n) is 2.09. The smallest absolute Gasteiger partial charge is 0.224 e. The lowest BCUT2D eigenvalue weighted by molar-refractivity contribution is -0.132. The lowest BCUT2D eigenvalue weighted by atomic mass is 10.2. The monoisotopic (exact) mass is 297 g/mol. The van der Waals surface area contributed by atoms with Gasteiger partial charge >= 0.3 is 0 Å². The molecule has 20 heavy (non-hydrogen) atoms. The molecular weight excluding hydrogens is 270 g/mol. The molecular formula is C15H27N3OS. The minimum absolute atomic E-state index is 0.0817. The van der Waals surface area contributed by atoms with Crippen LogP contribution >= 0.6 is 11.3 Å². The van der Waals surface area contributed by atoms with Crippen molar-refractivity contribution < 1.29 is 4.79 Å². The average Bonchev–Trinajstić information content (AvgIpc) is 2.90. The number of thiophene rings is 1. The number of nitrogens with zero attached hydrogens (tertiary/aromatic N) is 2. The summed E-state index contributed by atoms with van der Waals surface area (Å²) < 4.78 is 0. The zero-order chi connectivity index (χ0) is 15.0. The van der Waals surface area contributed by atoms with Crippen LogP contribution in [0.15, 0.2) is 17.5 Å². The van der Waals surface area contributed by atoms with E-state index in [1.165, 1.54) is 4.88 Å². The largest absolute Gasteiger partial charge is 0.336 e. The second-order valence-corrected chi connectivity index (χ2v) is 6.14. The molecule has 0 aliphatic heterocycles. The molecule has 0 saturated heterocycles. The van der Waals surface area contributed by atoms with Gasteiger partial charge in [0.25, 0.3) is 0 Å². The summed E-state index contributed by atoms with van der Waals surface area (Å²) >= 11 is 1.69. The molecule has 0 aliphatic rings. The third kappa shape index (κ3) is 6.03. The zero-order valence-electron chi connectivity index (χ0n) is 12.8. The van der Waals surface area contributed by atoms with Gasteiger partial charge in [0.2, 0.25) is 5.91 Å². The van der Waals surface area contributed by atoms with Gasteiger partial charge in [0.05, 0.1) is 6.54 Å². The van der Waals surface area contributed by atoms with Gasteiger partial charge in [-0.05, 0) is 31.5 Å². The van der Waals surface area contributed by atoms with Crippen molar-refractivity contribution in [3.63, 3.8) is 0 Å². The van der Waals surface area contributed by atoms with Crippen LogP contribution in [0.3, 0.4) is 0 Å². The fourth-order valence-corrected chi connectivity index (χ4v) is 2.81. The topological polar surface area (TPSA) is 49.6 Å². The van der Waals surface area contributed by atoms with E-state index in [1.54, 1.807) is 11.3 Å². The van der Waals surface area contributed by atoms with Crippen LogP contribution in [-0.2, 0) is 11.3 Å². The van der Waals surface area contributed by atoms with Crippen LogP contribution in [0.4, 0.5) is 0 Å². The second kappa shape index (κ2) is 9.10. The van der Waals surface area contributed by atoms with E-state index < -0.39 is 0 Å². The summed E-state index contributed by atoms with van der Waals surface area (Å²) in [4.78, 5) is 17.8. The molecule has 1 heterocycles. The van der Waals surface area contributed by atoms with E-state index in [2.05, 4.69) is 24.8 Å². The number of hydrogen-bond acceptors (Lipinski definition) is 4. The lowest BCUT2D eigenvalue weighted by Crippen LogP contribution is -2.40. The minimum atomic E-state index is -0.0817. The fraction of sp³-hybridized carbons (Fsp3) is 0.667. The molecule has 4 nitrogen and oxygen atoms in total. The van der Waals surface area contributed by atoms with Crippen molar-refractivity contribution >= 4 is 17.2 Å². The van der Waals surface area contributed by atoms with Gasteiger partial charge < -0.3 is 15.5 Å². The Labute approximate surface area is 126 Å². The average molecular weight is 297 g/mol. The third-order valence-corrected chi connectivity index (χ3v) is 4.22. The van der Waals surface area contributed by atoms with Crippen molar-refractivity contribution in [3.8, 4) is 0 Å². The Morgan fingerprint density at radius 1 is 1.35 bits per heavy atom. The van der Waals surface area contributed by atoms with Crippen LogP contribution in [0.1, 0.15) is 32.1 Å². The molecule has 114 valence electrons. The van der Waals surface area contributed by atoms with Crippen molar-refractivity contribution in [1.82, 2.24) is 9.80 Å². The second-order valence-electron chi connectivity index (χ2n) is 5.10. The first-order valence-electron chi connectivity index (χ1n) is 7.34. The molecule has 0 bridgehead atoms. The number of carbonyl (C=O) groups is 1. The summed E-state index contributed by atoms with van der Waals surface area (Å²) in [5.41, 5.74) is 5.76. The SMILES string of the molecule is CCN(CC)CCN(Cc1cccs1)C(=O)CC(C)N.